The van der Waals surface area contributed by atoms with Crippen LogP contribution < -0.4 is 21.2 Å². The number of morpholine rings is 2. The number of para-hydroxylation sites is 4. The number of imidazole rings is 2. The number of pyridine rings is 2. The monoisotopic (exact) mass is 790 g/mol. The summed E-state index contributed by atoms with van der Waals surface area (Å²) >= 11 is 0. The van der Waals surface area contributed by atoms with Crippen LogP contribution in [0.4, 0.5) is 0 Å². The second-order valence-electron chi connectivity index (χ2n) is 13.0. The van der Waals surface area contributed by atoms with Gasteiger partial charge in [0.1, 0.15) is 0 Å². The number of aromatic nitrogens is 6. The molecule has 0 bridgehead atoms. The van der Waals surface area contributed by atoms with E-state index in [4.69, 9.17) is 9.47 Å². The van der Waals surface area contributed by atoms with E-state index in [1.807, 2.05) is 86.6 Å². The van der Waals surface area contributed by atoms with Gasteiger partial charge in [-0.1, -0.05) is 60.7 Å². The fourth-order valence-electron chi connectivity index (χ4n) is 6.35. The van der Waals surface area contributed by atoms with Crippen LogP contribution in [0.25, 0.3) is 22.1 Å². The SMILES string of the molecule is C/C(=N\N=c1\[n-]c2ccccc2n1CCN1CCOCC1)c1ccccn1.C/C(=N\N=c1\[n-]c2ccccc2n1CCN1CCOCC1)c1ccccn1.[Zn+2]. The van der Waals surface area contributed by atoms with Crippen molar-refractivity contribution < 1.29 is 29.0 Å². The first-order valence-electron chi connectivity index (χ1n) is 18.5. The van der Waals surface area contributed by atoms with Crippen LogP contribution in [0, 0.1) is 0 Å². The average molecular weight is 792 g/mol. The molecule has 0 radical (unpaired) electrons. The summed E-state index contributed by atoms with van der Waals surface area (Å²) in [4.78, 5) is 22.8. The minimum Gasteiger partial charge on any atom is -0.394 e. The molecule has 0 N–H and O–H groups in total. The van der Waals surface area contributed by atoms with Crippen molar-refractivity contribution >= 4 is 33.5 Å². The summed E-state index contributed by atoms with van der Waals surface area (Å²) in [5, 5.41) is 17.6. The molecule has 0 amide bonds. The summed E-state index contributed by atoms with van der Waals surface area (Å²) in [6, 6.07) is 27.7. The van der Waals surface area contributed by atoms with E-state index in [2.05, 4.69) is 71.4 Å². The van der Waals surface area contributed by atoms with Gasteiger partial charge >= 0.3 is 19.5 Å². The van der Waals surface area contributed by atoms with E-state index in [-0.39, 0.29) is 19.5 Å². The molecule has 55 heavy (non-hydrogen) atoms. The van der Waals surface area contributed by atoms with Gasteiger partial charge in [-0.25, -0.2) is 10.2 Å². The van der Waals surface area contributed by atoms with Gasteiger partial charge in [-0.3, -0.25) is 30.0 Å². The van der Waals surface area contributed by atoms with Crippen molar-refractivity contribution in [3.8, 4) is 0 Å². The first kappa shape index (κ1) is 39.8. The van der Waals surface area contributed by atoms with Gasteiger partial charge in [-0.15, -0.1) is 0 Å². The van der Waals surface area contributed by atoms with E-state index in [0.717, 1.165) is 124 Å². The number of hydrogen-bond acceptors (Lipinski definition) is 10. The van der Waals surface area contributed by atoms with Gasteiger partial charge in [0, 0.05) is 73.9 Å². The third-order valence-electron chi connectivity index (χ3n) is 9.41. The van der Waals surface area contributed by atoms with E-state index in [9.17, 15) is 0 Å². The molecule has 0 aliphatic carbocycles. The predicted molar refractivity (Wildman–Crippen MR) is 209 cm³/mol. The quantitative estimate of drug-likeness (QED) is 0.117. The molecule has 0 spiro atoms. The third-order valence-corrected chi connectivity index (χ3v) is 9.41. The number of rotatable bonds is 10. The van der Waals surface area contributed by atoms with Crippen molar-refractivity contribution in [3.63, 3.8) is 0 Å². The topological polar surface area (TPSA) is 138 Å². The number of ether oxygens (including phenoxy) is 2. The normalized spacial score (nSPS) is 16.6. The van der Waals surface area contributed by atoms with Crippen LogP contribution in [0.15, 0.2) is 118 Å². The largest absolute Gasteiger partial charge is 2.00 e. The van der Waals surface area contributed by atoms with E-state index in [1.54, 1.807) is 12.4 Å². The molecule has 2 aliphatic heterocycles. The summed E-state index contributed by atoms with van der Waals surface area (Å²) in [5.41, 5.74) is 8.44. The third kappa shape index (κ3) is 10.6. The fraction of sp³-hybridized carbons (Fsp3) is 0.350. The molecule has 15 heteroatoms. The fourth-order valence-corrected chi connectivity index (χ4v) is 6.35. The zero-order valence-electron chi connectivity index (χ0n) is 31.6. The Balaban J connectivity index is 0.000000184. The number of hydrogen-bond donors (Lipinski definition) is 0. The summed E-state index contributed by atoms with van der Waals surface area (Å²) in [6.45, 7) is 14.4. The van der Waals surface area contributed by atoms with E-state index < -0.39 is 0 Å². The van der Waals surface area contributed by atoms with Gasteiger partial charge in [0.25, 0.3) is 0 Å². The maximum absolute atomic E-state index is 5.43. The summed E-state index contributed by atoms with van der Waals surface area (Å²) in [6.07, 6.45) is 3.51. The first-order chi connectivity index (χ1) is 26.6. The molecule has 2 aromatic carbocycles. The van der Waals surface area contributed by atoms with Gasteiger partial charge in [0.2, 0.25) is 0 Å². The maximum atomic E-state index is 5.43. The molecule has 2 fully saturated rings. The van der Waals surface area contributed by atoms with E-state index in [0.29, 0.717) is 11.2 Å². The minimum absolute atomic E-state index is 0. The van der Waals surface area contributed by atoms with E-state index in [1.165, 1.54) is 0 Å². The molecule has 0 atom stereocenters. The van der Waals surface area contributed by atoms with Crippen LogP contribution in [0.2, 0.25) is 0 Å². The smallest absolute Gasteiger partial charge is 0.394 e. The Morgan fingerprint density at radius 3 is 1.36 bits per heavy atom. The van der Waals surface area contributed by atoms with Crippen LogP contribution in [0.1, 0.15) is 25.2 Å². The van der Waals surface area contributed by atoms with Crippen molar-refractivity contribution in [2.24, 2.45) is 20.4 Å². The van der Waals surface area contributed by atoms with Crippen molar-refractivity contribution in [3.05, 3.63) is 120 Å². The van der Waals surface area contributed by atoms with Gasteiger partial charge in [0.05, 0.1) is 49.2 Å². The molecular weight excluding hydrogens is 746 g/mol. The Hall–Kier alpha value is -4.92. The van der Waals surface area contributed by atoms with E-state index >= 15 is 0 Å². The average Bonchev–Trinajstić information content (AvgIpc) is 3.79. The van der Waals surface area contributed by atoms with Crippen LogP contribution in [-0.2, 0) is 42.0 Å². The van der Waals surface area contributed by atoms with Crippen LogP contribution in [0.5, 0.6) is 0 Å². The van der Waals surface area contributed by atoms with Crippen LogP contribution in [0.3, 0.4) is 0 Å². The molecule has 14 nitrogen and oxygen atoms in total. The Kier molecular flexibility index (Phi) is 14.6. The molecule has 4 aromatic heterocycles. The van der Waals surface area contributed by atoms with Gasteiger partial charge in [0.15, 0.2) is 0 Å². The first-order valence-corrected chi connectivity index (χ1v) is 18.5. The standard InChI is InChI=1S/2C20H23N6O.Zn/c2*1-16(17-6-4-5-9-21-17)23-24-20-22-18-7-2-3-8-19(18)26(20)11-10-25-12-14-27-15-13-25;/h2*2-9H,10-15H2,1H3;/q2*-1;+2/b2*23-16+;. The van der Waals surface area contributed by atoms with Crippen LogP contribution in [-0.4, -0.2) is 106 Å². The van der Waals surface area contributed by atoms with Crippen molar-refractivity contribution in [2.45, 2.75) is 26.9 Å². The molecule has 6 heterocycles. The predicted octanol–water partition coefficient (Wildman–Crippen LogP) is 3.30. The Bertz CT molecular complexity index is 2140. The molecule has 280 valence electrons. The number of nitrogens with zero attached hydrogens (tertiary/aromatic N) is 12. The van der Waals surface area contributed by atoms with Gasteiger partial charge in [-0.05, 0) is 62.2 Å². The molecule has 8 rings (SSSR count). The number of benzene rings is 2. The summed E-state index contributed by atoms with van der Waals surface area (Å²) in [7, 11) is 0. The van der Waals surface area contributed by atoms with Crippen molar-refractivity contribution in [1.29, 1.82) is 0 Å². The van der Waals surface area contributed by atoms with Gasteiger partial charge < -0.3 is 28.6 Å². The summed E-state index contributed by atoms with van der Waals surface area (Å²) < 4.78 is 15.1. The number of fused-ring (bicyclic) bond motifs is 2. The second-order valence-corrected chi connectivity index (χ2v) is 13.0. The zero-order chi connectivity index (χ0) is 37.0. The molecule has 2 aliphatic rings. The summed E-state index contributed by atoms with van der Waals surface area (Å²) in [5.74, 6) is 0. The van der Waals surface area contributed by atoms with Crippen molar-refractivity contribution in [2.75, 3.05) is 65.7 Å². The molecule has 6 aromatic rings. The van der Waals surface area contributed by atoms with Gasteiger partial charge in [-0.2, -0.15) is 0 Å². The Morgan fingerprint density at radius 2 is 0.964 bits per heavy atom. The Morgan fingerprint density at radius 1 is 0.564 bits per heavy atom. The molecular formula is C40H46N12O2Zn. The molecule has 0 saturated carbocycles. The second kappa shape index (κ2) is 20.1. The molecule has 2 saturated heterocycles. The maximum Gasteiger partial charge on any atom is 2.00 e. The van der Waals surface area contributed by atoms with Crippen molar-refractivity contribution in [1.82, 2.24) is 38.9 Å². The van der Waals surface area contributed by atoms with Crippen LogP contribution >= 0.6 is 0 Å². The minimum atomic E-state index is 0. The molecule has 0 unspecified atom stereocenters. The Labute approximate surface area is 333 Å². The zero-order valence-corrected chi connectivity index (χ0v) is 34.6.